The predicted octanol–water partition coefficient (Wildman–Crippen LogP) is 5.23. The van der Waals surface area contributed by atoms with Crippen molar-refractivity contribution in [2.24, 2.45) is 0 Å². The van der Waals surface area contributed by atoms with Gasteiger partial charge in [-0.2, -0.15) is 0 Å². The zero-order valence-electron chi connectivity index (χ0n) is 10.3. The van der Waals surface area contributed by atoms with Gasteiger partial charge in [0.05, 0.1) is 16.1 Å². The molecule has 2 aromatic carbocycles. The average Bonchev–Trinajstić information content (AvgIpc) is 2.32. The van der Waals surface area contributed by atoms with Crippen LogP contribution in [-0.4, -0.2) is 5.11 Å². The van der Waals surface area contributed by atoms with Crippen molar-refractivity contribution in [2.45, 2.75) is 19.4 Å². The zero-order chi connectivity index (χ0) is 14.0. The monoisotopic (exact) mass is 314 g/mol. The first-order valence-electron chi connectivity index (χ1n) is 5.85. The number of aliphatic hydroxyl groups is 1. The molecule has 19 heavy (non-hydrogen) atoms. The van der Waals surface area contributed by atoms with Crippen LogP contribution in [0.15, 0.2) is 36.4 Å². The summed E-state index contributed by atoms with van der Waals surface area (Å²) in [4.78, 5) is 0. The maximum atomic E-state index is 10.2. The van der Waals surface area contributed by atoms with Crippen molar-refractivity contribution in [3.05, 3.63) is 68.2 Å². The first-order chi connectivity index (χ1) is 8.95. The summed E-state index contributed by atoms with van der Waals surface area (Å²) in [6.07, 6.45) is -0.147. The van der Waals surface area contributed by atoms with E-state index in [4.69, 9.17) is 34.8 Å². The Balaban J connectivity index is 2.20. The SMILES string of the molecule is Cc1cc(Cl)cc(C(O)Cc2ccc(Cl)c(Cl)c2)c1. The van der Waals surface area contributed by atoms with Gasteiger partial charge in [-0.15, -0.1) is 0 Å². The van der Waals surface area contributed by atoms with Gasteiger partial charge in [-0.25, -0.2) is 0 Å². The fourth-order valence-electron chi connectivity index (χ4n) is 1.96. The van der Waals surface area contributed by atoms with E-state index in [-0.39, 0.29) is 0 Å². The van der Waals surface area contributed by atoms with Gasteiger partial charge in [0.15, 0.2) is 0 Å². The molecule has 0 bridgehead atoms. The molecule has 0 spiro atoms. The van der Waals surface area contributed by atoms with Gasteiger partial charge in [-0.3, -0.25) is 0 Å². The molecule has 0 aliphatic carbocycles. The van der Waals surface area contributed by atoms with Crippen molar-refractivity contribution in [1.29, 1.82) is 0 Å². The van der Waals surface area contributed by atoms with Gasteiger partial charge in [0.1, 0.15) is 0 Å². The lowest BCUT2D eigenvalue weighted by Crippen LogP contribution is -2.02. The Hall–Kier alpha value is -0.730. The maximum Gasteiger partial charge on any atom is 0.0831 e. The van der Waals surface area contributed by atoms with E-state index < -0.39 is 6.10 Å². The highest BCUT2D eigenvalue weighted by molar-refractivity contribution is 6.42. The predicted molar refractivity (Wildman–Crippen MR) is 81.3 cm³/mol. The lowest BCUT2D eigenvalue weighted by molar-refractivity contribution is 0.178. The quantitative estimate of drug-likeness (QED) is 0.822. The number of hydrogen-bond donors (Lipinski definition) is 1. The van der Waals surface area contributed by atoms with Gasteiger partial charge in [-0.05, 0) is 47.9 Å². The lowest BCUT2D eigenvalue weighted by Gasteiger charge is -2.13. The molecular weight excluding hydrogens is 303 g/mol. The second-order valence-electron chi connectivity index (χ2n) is 4.53. The highest BCUT2D eigenvalue weighted by atomic mass is 35.5. The fraction of sp³-hybridized carbons (Fsp3) is 0.200. The van der Waals surface area contributed by atoms with E-state index in [1.54, 1.807) is 18.2 Å². The molecule has 100 valence electrons. The first-order valence-corrected chi connectivity index (χ1v) is 6.98. The van der Waals surface area contributed by atoms with Crippen molar-refractivity contribution in [1.82, 2.24) is 0 Å². The zero-order valence-corrected chi connectivity index (χ0v) is 12.6. The Kier molecular flexibility index (Phi) is 4.75. The highest BCUT2D eigenvalue weighted by Gasteiger charge is 2.11. The second-order valence-corrected chi connectivity index (χ2v) is 5.78. The third-order valence-electron chi connectivity index (χ3n) is 2.86. The summed E-state index contributed by atoms with van der Waals surface area (Å²) >= 11 is 17.8. The van der Waals surface area contributed by atoms with Crippen LogP contribution >= 0.6 is 34.8 Å². The van der Waals surface area contributed by atoms with Crippen LogP contribution in [-0.2, 0) is 6.42 Å². The van der Waals surface area contributed by atoms with E-state index in [2.05, 4.69) is 0 Å². The number of rotatable bonds is 3. The van der Waals surface area contributed by atoms with Crippen LogP contribution in [0.2, 0.25) is 15.1 Å². The average molecular weight is 316 g/mol. The smallest absolute Gasteiger partial charge is 0.0831 e. The standard InChI is InChI=1S/C15H13Cl3O/c1-9-4-11(8-12(16)5-9)15(19)7-10-2-3-13(17)14(18)6-10/h2-6,8,15,19H,7H2,1H3. The number of aryl methyl sites for hydroxylation is 1. The summed E-state index contributed by atoms with van der Waals surface area (Å²) < 4.78 is 0. The molecule has 0 heterocycles. The van der Waals surface area contributed by atoms with Crippen LogP contribution in [0, 0.1) is 6.92 Å². The van der Waals surface area contributed by atoms with Crippen molar-refractivity contribution in [3.8, 4) is 0 Å². The van der Waals surface area contributed by atoms with Gasteiger partial charge in [0.25, 0.3) is 0 Å². The molecule has 1 unspecified atom stereocenters. The van der Waals surface area contributed by atoms with Crippen molar-refractivity contribution < 1.29 is 5.11 Å². The van der Waals surface area contributed by atoms with Crippen LogP contribution < -0.4 is 0 Å². The van der Waals surface area contributed by atoms with Crippen LogP contribution in [0.1, 0.15) is 22.8 Å². The summed E-state index contributed by atoms with van der Waals surface area (Å²) in [5, 5.41) is 11.9. The molecule has 1 N–H and O–H groups in total. The summed E-state index contributed by atoms with van der Waals surface area (Å²) in [6.45, 7) is 1.95. The van der Waals surface area contributed by atoms with Crippen LogP contribution in [0.3, 0.4) is 0 Å². The van der Waals surface area contributed by atoms with Crippen molar-refractivity contribution in [3.63, 3.8) is 0 Å². The molecule has 0 saturated heterocycles. The summed E-state index contributed by atoms with van der Waals surface area (Å²) in [5.41, 5.74) is 2.76. The van der Waals surface area contributed by atoms with Crippen molar-refractivity contribution in [2.75, 3.05) is 0 Å². The maximum absolute atomic E-state index is 10.2. The Morgan fingerprint density at radius 1 is 1.00 bits per heavy atom. The van der Waals surface area contributed by atoms with E-state index in [1.807, 2.05) is 25.1 Å². The molecule has 2 aromatic rings. The molecule has 0 radical (unpaired) electrons. The second kappa shape index (κ2) is 6.15. The highest BCUT2D eigenvalue weighted by Crippen LogP contribution is 2.27. The molecule has 0 saturated carbocycles. The summed E-state index contributed by atoms with van der Waals surface area (Å²) in [6, 6.07) is 10.9. The molecule has 4 heteroatoms. The summed E-state index contributed by atoms with van der Waals surface area (Å²) in [7, 11) is 0. The minimum Gasteiger partial charge on any atom is -0.388 e. The normalized spacial score (nSPS) is 12.5. The molecule has 0 amide bonds. The molecule has 0 fully saturated rings. The minimum atomic E-state index is -0.616. The number of hydrogen-bond acceptors (Lipinski definition) is 1. The fourth-order valence-corrected chi connectivity index (χ4v) is 2.58. The van der Waals surface area contributed by atoms with Gasteiger partial charge in [0, 0.05) is 11.4 Å². The third-order valence-corrected chi connectivity index (χ3v) is 3.82. The van der Waals surface area contributed by atoms with E-state index in [0.29, 0.717) is 21.5 Å². The molecule has 0 aliphatic heterocycles. The molecule has 1 atom stereocenters. The summed E-state index contributed by atoms with van der Waals surface area (Å²) in [5.74, 6) is 0. The van der Waals surface area contributed by atoms with Crippen LogP contribution in [0.5, 0.6) is 0 Å². The number of halogens is 3. The number of benzene rings is 2. The Morgan fingerprint density at radius 2 is 1.74 bits per heavy atom. The molecule has 2 rings (SSSR count). The van der Waals surface area contributed by atoms with E-state index in [0.717, 1.165) is 16.7 Å². The van der Waals surface area contributed by atoms with E-state index in [9.17, 15) is 5.11 Å². The van der Waals surface area contributed by atoms with Crippen LogP contribution in [0.4, 0.5) is 0 Å². The molecule has 0 aliphatic rings. The topological polar surface area (TPSA) is 20.2 Å². The van der Waals surface area contributed by atoms with Crippen LogP contribution in [0.25, 0.3) is 0 Å². The van der Waals surface area contributed by atoms with Crippen molar-refractivity contribution >= 4 is 34.8 Å². The molecular formula is C15H13Cl3O. The first kappa shape index (κ1) is 14.7. The Morgan fingerprint density at radius 3 is 2.37 bits per heavy atom. The van der Waals surface area contributed by atoms with Gasteiger partial charge in [0.2, 0.25) is 0 Å². The van der Waals surface area contributed by atoms with E-state index >= 15 is 0 Å². The number of aliphatic hydroxyl groups excluding tert-OH is 1. The van der Waals surface area contributed by atoms with Gasteiger partial charge < -0.3 is 5.11 Å². The Bertz CT molecular complexity index is 576. The van der Waals surface area contributed by atoms with Gasteiger partial charge >= 0.3 is 0 Å². The third kappa shape index (κ3) is 3.87. The molecule has 1 nitrogen and oxygen atoms in total. The Labute approximate surface area is 127 Å². The largest absolute Gasteiger partial charge is 0.388 e. The van der Waals surface area contributed by atoms with E-state index in [1.165, 1.54) is 0 Å². The molecule has 0 aromatic heterocycles. The minimum absolute atomic E-state index is 0.469. The lowest BCUT2D eigenvalue weighted by atomic mass is 10.00. The van der Waals surface area contributed by atoms with Gasteiger partial charge in [-0.1, -0.05) is 46.9 Å².